The van der Waals surface area contributed by atoms with Gasteiger partial charge in [0.1, 0.15) is 0 Å². The number of ether oxygens (including phenoxy) is 2. The number of carbonyl (C=O) groups is 2. The van der Waals surface area contributed by atoms with Crippen LogP contribution in [0.4, 0.5) is 4.79 Å². The van der Waals surface area contributed by atoms with Gasteiger partial charge in [-0.05, 0) is 25.5 Å². The van der Waals surface area contributed by atoms with Crippen molar-refractivity contribution in [1.29, 1.82) is 5.26 Å². The SMILES string of the molecule is COC(=O)C1=C(C)NC(C)=C(C#N)C1C1=CC=CN(C(=O)OC)C1. The molecule has 2 heterocycles. The average molecular weight is 329 g/mol. The molecule has 0 aromatic rings. The standard InChI is InChI=1S/C17H19N3O4/c1-10-13(8-18)15(14(11(2)19-10)16(21)23-3)12-6-5-7-20(9-12)17(22)24-4/h5-7,15,19H,9H2,1-4H3. The van der Waals surface area contributed by atoms with E-state index < -0.39 is 18.0 Å². The van der Waals surface area contributed by atoms with Gasteiger partial charge in [0, 0.05) is 17.6 Å². The lowest BCUT2D eigenvalue weighted by atomic mass is 9.80. The van der Waals surface area contributed by atoms with Gasteiger partial charge in [0.2, 0.25) is 0 Å². The Hall–Kier alpha value is -3.01. The second-order valence-electron chi connectivity index (χ2n) is 5.42. The Morgan fingerprint density at radius 1 is 1.29 bits per heavy atom. The molecule has 1 unspecified atom stereocenters. The van der Waals surface area contributed by atoms with E-state index in [2.05, 4.69) is 11.4 Å². The third-order valence-corrected chi connectivity index (χ3v) is 4.00. The van der Waals surface area contributed by atoms with Gasteiger partial charge in [-0.15, -0.1) is 0 Å². The number of amides is 1. The quantitative estimate of drug-likeness (QED) is 0.779. The van der Waals surface area contributed by atoms with Crippen molar-refractivity contribution in [2.24, 2.45) is 5.92 Å². The van der Waals surface area contributed by atoms with Crippen molar-refractivity contribution in [1.82, 2.24) is 10.2 Å². The summed E-state index contributed by atoms with van der Waals surface area (Å²) < 4.78 is 9.62. The first-order valence-electron chi connectivity index (χ1n) is 7.33. The summed E-state index contributed by atoms with van der Waals surface area (Å²) in [5, 5.41) is 12.6. The van der Waals surface area contributed by atoms with Crippen molar-refractivity contribution < 1.29 is 19.1 Å². The molecule has 7 heteroatoms. The zero-order valence-electron chi connectivity index (χ0n) is 14.0. The molecular weight excluding hydrogens is 310 g/mol. The first kappa shape index (κ1) is 17.3. The Morgan fingerprint density at radius 2 is 2.00 bits per heavy atom. The second-order valence-corrected chi connectivity index (χ2v) is 5.42. The maximum absolute atomic E-state index is 12.3. The second kappa shape index (κ2) is 7.04. The minimum absolute atomic E-state index is 0.222. The fourth-order valence-corrected chi connectivity index (χ4v) is 2.90. The Bertz CT molecular complexity index is 737. The summed E-state index contributed by atoms with van der Waals surface area (Å²) >= 11 is 0. The molecule has 0 saturated carbocycles. The molecule has 0 radical (unpaired) electrons. The first-order chi connectivity index (χ1) is 11.4. The van der Waals surface area contributed by atoms with Gasteiger partial charge in [-0.2, -0.15) is 5.26 Å². The summed E-state index contributed by atoms with van der Waals surface area (Å²) in [6.45, 7) is 3.76. The fraction of sp³-hybridized carbons (Fsp3) is 0.353. The van der Waals surface area contributed by atoms with E-state index in [4.69, 9.17) is 9.47 Å². The molecule has 1 atom stereocenters. The van der Waals surface area contributed by atoms with Gasteiger partial charge >= 0.3 is 12.1 Å². The lowest BCUT2D eigenvalue weighted by Crippen LogP contribution is -2.36. The first-order valence-corrected chi connectivity index (χ1v) is 7.33. The number of methoxy groups -OCH3 is 2. The Morgan fingerprint density at radius 3 is 2.58 bits per heavy atom. The van der Waals surface area contributed by atoms with Gasteiger partial charge in [-0.3, -0.25) is 4.90 Å². The van der Waals surface area contributed by atoms with Crippen molar-refractivity contribution in [2.45, 2.75) is 13.8 Å². The largest absolute Gasteiger partial charge is 0.466 e. The molecule has 0 saturated heterocycles. The summed E-state index contributed by atoms with van der Waals surface area (Å²) in [5.74, 6) is -1.08. The summed E-state index contributed by atoms with van der Waals surface area (Å²) in [5.41, 5.74) is 2.83. The van der Waals surface area contributed by atoms with Crippen molar-refractivity contribution in [2.75, 3.05) is 20.8 Å². The number of carbonyl (C=O) groups excluding carboxylic acids is 2. The van der Waals surface area contributed by atoms with Crippen molar-refractivity contribution >= 4 is 12.1 Å². The molecule has 2 rings (SSSR count). The molecule has 0 aromatic heterocycles. The Labute approximate surface area is 140 Å². The molecule has 0 fully saturated rings. The van der Waals surface area contributed by atoms with E-state index in [1.54, 1.807) is 32.2 Å². The van der Waals surface area contributed by atoms with Crippen LogP contribution in [0.3, 0.4) is 0 Å². The molecule has 0 spiro atoms. The zero-order valence-corrected chi connectivity index (χ0v) is 14.0. The van der Waals surface area contributed by atoms with Crippen LogP contribution in [0.15, 0.2) is 46.5 Å². The van der Waals surface area contributed by atoms with E-state index in [-0.39, 0.29) is 6.54 Å². The molecule has 0 aliphatic carbocycles. The fourth-order valence-electron chi connectivity index (χ4n) is 2.90. The number of esters is 1. The van der Waals surface area contributed by atoms with Crippen LogP contribution in [0.1, 0.15) is 13.8 Å². The highest BCUT2D eigenvalue weighted by molar-refractivity contribution is 5.92. The Kier molecular flexibility index (Phi) is 5.09. The number of nitrogens with one attached hydrogen (secondary N) is 1. The van der Waals surface area contributed by atoms with E-state index in [0.29, 0.717) is 22.5 Å². The van der Waals surface area contributed by atoms with E-state index in [1.165, 1.54) is 19.1 Å². The molecule has 2 aliphatic heterocycles. The number of hydrogen-bond acceptors (Lipinski definition) is 6. The average Bonchev–Trinajstić information content (AvgIpc) is 2.59. The maximum atomic E-state index is 12.3. The molecule has 7 nitrogen and oxygen atoms in total. The summed E-state index contributed by atoms with van der Waals surface area (Å²) in [6.07, 6.45) is 4.57. The predicted molar refractivity (Wildman–Crippen MR) is 86.0 cm³/mol. The molecule has 1 amide bonds. The van der Waals surface area contributed by atoms with Crippen molar-refractivity contribution in [3.8, 4) is 6.07 Å². The predicted octanol–water partition coefficient (Wildman–Crippen LogP) is 1.97. The minimum Gasteiger partial charge on any atom is -0.466 e. The van der Waals surface area contributed by atoms with E-state index in [1.807, 2.05) is 0 Å². The van der Waals surface area contributed by atoms with Crippen molar-refractivity contribution in [3.05, 3.63) is 46.5 Å². The lowest BCUT2D eigenvalue weighted by Gasteiger charge is -2.32. The highest BCUT2D eigenvalue weighted by atomic mass is 16.5. The summed E-state index contributed by atoms with van der Waals surface area (Å²) in [7, 11) is 2.60. The molecule has 126 valence electrons. The molecule has 0 bridgehead atoms. The van der Waals surface area contributed by atoms with E-state index in [0.717, 1.165) is 5.57 Å². The normalized spacial score (nSPS) is 20.2. The zero-order chi connectivity index (χ0) is 17.9. The number of dihydropyridines is 1. The highest BCUT2D eigenvalue weighted by Crippen LogP contribution is 2.36. The monoisotopic (exact) mass is 329 g/mol. The van der Waals surface area contributed by atoms with Crippen LogP contribution in [0, 0.1) is 17.2 Å². The third-order valence-electron chi connectivity index (χ3n) is 4.00. The minimum atomic E-state index is -0.569. The van der Waals surface area contributed by atoms with E-state index in [9.17, 15) is 14.9 Å². The maximum Gasteiger partial charge on any atom is 0.413 e. The van der Waals surface area contributed by atoms with Gasteiger partial charge in [-0.1, -0.05) is 6.08 Å². The van der Waals surface area contributed by atoms with Crippen molar-refractivity contribution in [3.63, 3.8) is 0 Å². The lowest BCUT2D eigenvalue weighted by molar-refractivity contribution is -0.136. The van der Waals surface area contributed by atoms with Crippen LogP contribution in [0.25, 0.3) is 0 Å². The molecule has 1 N–H and O–H groups in total. The van der Waals surface area contributed by atoms with Crippen LogP contribution in [0.2, 0.25) is 0 Å². The molecule has 24 heavy (non-hydrogen) atoms. The highest BCUT2D eigenvalue weighted by Gasteiger charge is 2.36. The third kappa shape index (κ3) is 3.04. The van der Waals surface area contributed by atoms with Crippen LogP contribution < -0.4 is 5.32 Å². The van der Waals surface area contributed by atoms with Gasteiger partial charge in [0.05, 0.1) is 43.9 Å². The van der Waals surface area contributed by atoms with Gasteiger partial charge in [-0.25, -0.2) is 9.59 Å². The van der Waals surface area contributed by atoms with Crippen LogP contribution >= 0.6 is 0 Å². The molecular formula is C17H19N3O4. The van der Waals surface area contributed by atoms with Gasteiger partial charge < -0.3 is 14.8 Å². The topological polar surface area (TPSA) is 91.7 Å². The molecule has 2 aliphatic rings. The van der Waals surface area contributed by atoms with Crippen LogP contribution in [-0.4, -0.2) is 37.7 Å². The smallest absolute Gasteiger partial charge is 0.413 e. The number of nitrogens with zero attached hydrogens (tertiary/aromatic N) is 2. The van der Waals surface area contributed by atoms with Crippen LogP contribution in [0.5, 0.6) is 0 Å². The van der Waals surface area contributed by atoms with Gasteiger partial charge in [0.15, 0.2) is 0 Å². The number of nitriles is 1. The molecule has 0 aromatic carbocycles. The van der Waals surface area contributed by atoms with Crippen LogP contribution in [-0.2, 0) is 14.3 Å². The number of allylic oxidation sites excluding steroid dienone is 5. The number of hydrogen-bond donors (Lipinski definition) is 1. The Balaban J connectivity index is 2.50. The summed E-state index contributed by atoms with van der Waals surface area (Å²) in [4.78, 5) is 25.4. The van der Waals surface area contributed by atoms with Gasteiger partial charge in [0.25, 0.3) is 0 Å². The van der Waals surface area contributed by atoms with E-state index >= 15 is 0 Å². The summed E-state index contributed by atoms with van der Waals surface area (Å²) in [6, 6.07) is 2.16. The number of rotatable bonds is 2.